The number of nitrogens with two attached hydrogens (primary N) is 1. The van der Waals surface area contributed by atoms with Crippen molar-refractivity contribution >= 4 is 0 Å². The third-order valence-electron chi connectivity index (χ3n) is 1.38. The van der Waals surface area contributed by atoms with E-state index < -0.39 is 0 Å². The van der Waals surface area contributed by atoms with Gasteiger partial charge < -0.3 is 0 Å². The van der Waals surface area contributed by atoms with Crippen LogP contribution in [0.25, 0.3) is 0 Å². The molecule has 56 valence electrons. The third-order valence-corrected chi connectivity index (χ3v) is 1.38. The molecule has 0 aliphatic carbocycles. The number of hydrogen-bond donors (Lipinski definition) is 2. The van der Waals surface area contributed by atoms with E-state index in [0.29, 0.717) is 6.54 Å². The first-order valence-electron chi connectivity index (χ1n) is 3.16. The predicted octanol–water partition coefficient (Wildman–Crippen LogP) is -0.308. The van der Waals surface area contributed by atoms with Gasteiger partial charge in [-0.3, -0.25) is 16.0 Å². The summed E-state index contributed by atoms with van der Waals surface area (Å²) in [7, 11) is 1.90. The predicted molar refractivity (Wildman–Crippen MR) is 39.0 cm³/mol. The summed E-state index contributed by atoms with van der Waals surface area (Å²) in [4.78, 5) is 0. The van der Waals surface area contributed by atoms with Crippen molar-refractivity contribution in [1.82, 2.24) is 15.2 Å². The van der Waals surface area contributed by atoms with Gasteiger partial charge >= 0.3 is 0 Å². The Morgan fingerprint density at radius 3 is 2.90 bits per heavy atom. The molecular weight excluding hydrogens is 128 g/mol. The molecule has 0 atom stereocenters. The van der Waals surface area contributed by atoms with Crippen molar-refractivity contribution in [1.29, 1.82) is 0 Å². The summed E-state index contributed by atoms with van der Waals surface area (Å²) in [5.41, 5.74) is 4.73. The van der Waals surface area contributed by atoms with Crippen LogP contribution in [0.15, 0.2) is 6.20 Å². The lowest BCUT2D eigenvalue weighted by molar-refractivity contribution is 0.682. The van der Waals surface area contributed by atoms with Crippen LogP contribution < -0.4 is 11.3 Å². The summed E-state index contributed by atoms with van der Waals surface area (Å²) < 4.78 is 1.78. The van der Waals surface area contributed by atoms with Gasteiger partial charge in [-0.1, -0.05) is 0 Å². The summed E-state index contributed by atoms with van der Waals surface area (Å²) >= 11 is 0. The number of nitrogens with zero attached hydrogens (tertiary/aromatic N) is 2. The Labute approximate surface area is 60.0 Å². The Balaban J connectivity index is 2.81. The van der Waals surface area contributed by atoms with Gasteiger partial charge in [0.15, 0.2) is 0 Å². The number of hydrogen-bond acceptors (Lipinski definition) is 3. The van der Waals surface area contributed by atoms with Crippen molar-refractivity contribution in [3.05, 3.63) is 17.5 Å². The molecule has 10 heavy (non-hydrogen) atoms. The average molecular weight is 140 g/mol. The fourth-order valence-corrected chi connectivity index (χ4v) is 0.924. The average Bonchev–Trinajstić information content (AvgIpc) is 2.13. The van der Waals surface area contributed by atoms with Gasteiger partial charge in [-0.05, 0) is 12.5 Å². The van der Waals surface area contributed by atoms with Gasteiger partial charge in [-0.25, -0.2) is 0 Å². The maximum Gasteiger partial charge on any atom is 0.0805 e. The van der Waals surface area contributed by atoms with Crippen LogP contribution in [0.5, 0.6) is 0 Å². The normalized spacial score (nSPS) is 10.3. The van der Waals surface area contributed by atoms with Crippen LogP contribution in [-0.2, 0) is 13.6 Å². The zero-order chi connectivity index (χ0) is 7.56. The molecule has 4 nitrogen and oxygen atoms in total. The monoisotopic (exact) mass is 140 g/mol. The van der Waals surface area contributed by atoms with E-state index in [1.165, 1.54) is 5.56 Å². The van der Waals surface area contributed by atoms with Crippen molar-refractivity contribution < 1.29 is 0 Å². The van der Waals surface area contributed by atoms with Crippen LogP contribution in [-0.4, -0.2) is 9.78 Å². The van der Waals surface area contributed by atoms with Crippen molar-refractivity contribution in [3.63, 3.8) is 0 Å². The lowest BCUT2D eigenvalue weighted by Crippen LogP contribution is -2.21. The number of rotatable bonds is 2. The second kappa shape index (κ2) is 2.81. The van der Waals surface area contributed by atoms with E-state index in [0.717, 1.165) is 5.69 Å². The van der Waals surface area contributed by atoms with Crippen LogP contribution in [0, 0.1) is 6.92 Å². The van der Waals surface area contributed by atoms with Crippen LogP contribution in [0.1, 0.15) is 11.3 Å². The van der Waals surface area contributed by atoms with E-state index in [1.54, 1.807) is 4.68 Å². The molecular formula is C6H12N4. The van der Waals surface area contributed by atoms with E-state index in [9.17, 15) is 0 Å². The molecule has 3 N–H and O–H groups in total. The summed E-state index contributed by atoms with van der Waals surface area (Å²) in [6.45, 7) is 2.65. The van der Waals surface area contributed by atoms with Crippen molar-refractivity contribution in [2.24, 2.45) is 12.9 Å². The highest BCUT2D eigenvalue weighted by molar-refractivity contribution is 5.13. The maximum atomic E-state index is 5.14. The van der Waals surface area contributed by atoms with E-state index >= 15 is 0 Å². The molecule has 1 heterocycles. The fraction of sp³-hybridized carbons (Fsp3) is 0.500. The van der Waals surface area contributed by atoms with Gasteiger partial charge in [0.1, 0.15) is 0 Å². The minimum Gasteiger partial charge on any atom is -0.275 e. The molecule has 0 saturated heterocycles. The van der Waals surface area contributed by atoms with E-state index in [-0.39, 0.29) is 0 Å². The van der Waals surface area contributed by atoms with Gasteiger partial charge in [-0.15, -0.1) is 0 Å². The highest BCUT2D eigenvalue weighted by atomic mass is 15.3. The lowest BCUT2D eigenvalue weighted by Gasteiger charge is -1.93. The number of aryl methyl sites for hydroxylation is 2. The molecule has 1 aromatic heterocycles. The quantitative estimate of drug-likeness (QED) is 0.437. The molecule has 0 aliphatic heterocycles. The Bertz CT molecular complexity index is 216. The van der Waals surface area contributed by atoms with Crippen LogP contribution in [0.4, 0.5) is 0 Å². The topological polar surface area (TPSA) is 55.9 Å². The molecule has 1 aromatic rings. The first-order chi connectivity index (χ1) is 4.74. The van der Waals surface area contributed by atoms with E-state index in [2.05, 4.69) is 10.5 Å². The van der Waals surface area contributed by atoms with Gasteiger partial charge in [0.25, 0.3) is 0 Å². The van der Waals surface area contributed by atoms with Crippen molar-refractivity contribution in [2.75, 3.05) is 0 Å². The van der Waals surface area contributed by atoms with E-state index in [4.69, 9.17) is 5.84 Å². The summed E-state index contributed by atoms with van der Waals surface area (Å²) in [5.74, 6) is 5.14. The third kappa shape index (κ3) is 1.34. The van der Waals surface area contributed by atoms with Gasteiger partial charge in [-0.2, -0.15) is 5.10 Å². The molecule has 4 heteroatoms. The second-order valence-electron chi connectivity index (χ2n) is 2.31. The Morgan fingerprint density at radius 2 is 2.50 bits per heavy atom. The standard InChI is InChI=1S/C6H12N4/c1-5-4-10(2)9-6(5)3-8-7/h4,8H,3,7H2,1-2H3. The van der Waals surface area contributed by atoms with Crippen molar-refractivity contribution in [3.8, 4) is 0 Å². The number of aromatic nitrogens is 2. The first kappa shape index (κ1) is 7.24. The van der Waals surface area contributed by atoms with Crippen LogP contribution >= 0.6 is 0 Å². The van der Waals surface area contributed by atoms with Crippen molar-refractivity contribution in [2.45, 2.75) is 13.5 Å². The zero-order valence-corrected chi connectivity index (χ0v) is 6.26. The molecule has 0 saturated carbocycles. The smallest absolute Gasteiger partial charge is 0.0805 e. The summed E-state index contributed by atoms with van der Waals surface area (Å²) in [6.07, 6.45) is 1.96. The maximum absolute atomic E-state index is 5.14. The molecule has 0 aliphatic rings. The SMILES string of the molecule is Cc1cn(C)nc1CNN. The first-order valence-corrected chi connectivity index (χ1v) is 3.16. The fourth-order valence-electron chi connectivity index (χ4n) is 0.924. The number of hydrazine groups is 1. The molecule has 0 fully saturated rings. The molecule has 0 bridgehead atoms. The summed E-state index contributed by atoms with van der Waals surface area (Å²) in [5, 5.41) is 4.17. The largest absolute Gasteiger partial charge is 0.275 e. The number of nitrogens with one attached hydrogen (secondary N) is 1. The highest BCUT2D eigenvalue weighted by Gasteiger charge is 1.99. The van der Waals surface area contributed by atoms with Gasteiger partial charge in [0, 0.05) is 13.2 Å². The molecule has 1 rings (SSSR count). The van der Waals surface area contributed by atoms with Crippen LogP contribution in [0.3, 0.4) is 0 Å². The Hall–Kier alpha value is -0.870. The molecule has 0 unspecified atom stereocenters. The minimum atomic E-state index is 0.632. The van der Waals surface area contributed by atoms with Gasteiger partial charge in [0.2, 0.25) is 0 Å². The molecule has 0 aromatic carbocycles. The van der Waals surface area contributed by atoms with Crippen LogP contribution in [0.2, 0.25) is 0 Å². The second-order valence-corrected chi connectivity index (χ2v) is 2.31. The molecule has 0 radical (unpaired) electrons. The molecule has 0 amide bonds. The highest BCUT2D eigenvalue weighted by Crippen LogP contribution is 2.01. The zero-order valence-electron chi connectivity index (χ0n) is 6.26. The van der Waals surface area contributed by atoms with E-state index in [1.807, 2.05) is 20.2 Å². The lowest BCUT2D eigenvalue weighted by atomic mass is 10.3. The Kier molecular flexibility index (Phi) is 2.03. The minimum absolute atomic E-state index is 0.632. The van der Waals surface area contributed by atoms with Gasteiger partial charge in [0.05, 0.1) is 12.2 Å². The Morgan fingerprint density at radius 1 is 1.80 bits per heavy atom. The molecule has 0 spiro atoms. The summed E-state index contributed by atoms with van der Waals surface area (Å²) in [6, 6.07) is 0.